The first-order valence-corrected chi connectivity index (χ1v) is 6.09. The molecule has 2 aliphatic carbocycles. The van der Waals surface area contributed by atoms with Gasteiger partial charge in [0.15, 0.2) is 0 Å². The van der Waals surface area contributed by atoms with Crippen LogP contribution in [0.5, 0.6) is 0 Å². The van der Waals surface area contributed by atoms with Gasteiger partial charge in [0.1, 0.15) is 0 Å². The minimum atomic E-state index is 0.803. The van der Waals surface area contributed by atoms with Crippen LogP contribution in [0.15, 0.2) is 35.1 Å². The van der Waals surface area contributed by atoms with Crippen molar-refractivity contribution in [1.82, 2.24) is 0 Å². The summed E-state index contributed by atoms with van der Waals surface area (Å²) in [5.74, 6) is 0.803. The summed E-state index contributed by atoms with van der Waals surface area (Å²) in [6, 6.07) is 0. The van der Waals surface area contributed by atoms with Gasteiger partial charge in [0, 0.05) is 5.70 Å². The fourth-order valence-corrected chi connectivity index (χ4v) is 2.47. The fourth-order valence-electron chi connectivity index (χ4n) is 2.47. The smallest absolute Gasteiger partial charge is 0.0311 e. The van der Waals surface area contributed by atoms with Gasteiger partial charge in [-0.05, 0) is 55.2 Å². The van der Waals surface area contributed by atoms with Gasteiger partial charge in [-0.2, -0.15) is 0 Å². The quantitative estimate of drug-likeness (QED) is 0.744. The minimum Gasteiger partial charge on any atom is -0.399 e. The lowest BCUT2D eigenvalue weighted by molar-refractivity contribution is 0.355. The van der Waals surface area contributed by atoms with E-state index in [4.69, 9.17) is 5.73 Å². The van der Waals surface area contributed by atoms with Gasteiger partial charge in [0.25, 0.3) is 0 Å². The molecule has 1 nitrogen and oxygen atoms in total. The van der Waals surface area contributed by atoms with Crippen LogP contribution in [0.3, 0.4) is 0 Å². The molecule has 0 radical (unpaired) electrons. The van der Waals surface area contributed by atoms with E-state index in [-0.39, 0.29) is 0 Å². The van der Waals surface area contributed by atoms with Gasteiger partial charge in [-0.1, -0.05) is 25.5 Å². The average Bonchev–Trinajstić information content (AvgIpc) is 2.17. The molecule has 0 aromatic rings. The molecule has 0 atom stereocenters. The Kier molecular flexibility index (Phi) is 2.99. The molecule has 0 saturated heterocycles. The molecule has 1 saturated carbocycles. The molecule has 15 heavy (non-hydrogen) atoms. The summed E-state index contributed by atoms with van der Waals surface area (Å²) < 4.78 is 0. The van der Waals surface area contributed by atoms with E-state index in [0.717, 1.165) is 24.5 Å². The van der Waals surface area contributed by atoms with Crippen molar-refractivity contribution in [2.45, 2.75) is 45.4 Å². The molecule has 0 bridgehead atoms. The molecule has 1 heteroatoms. The second-order valence-corrected chi connectivity index (χ2v) is 4.74. The third-order valence-electron chi connectivity index (χ3n) is 3.84. The Balaban J connectivity index is 2.15. The molecule has 2 aliphatic rings. The Morgan fingerprint density at radius 1 is 1.47 bits per heavy atom. The summed E-state index contributed by atoms with van der Waals surface area (Å²) >= 11 is 0. The van der Waals surface area contributed by atoms with Gasteiger partial charge >= 0.3 is 0 Å². The molecule has 0 heterocycles. The largest absolute Gasteiger partial charge is 0.399 e. The number of hydrogen-bond donors (Lipinski definition) is 1. The Hall–Kier alpha value is -0.980. The molecule has 82 valence electrons. The molecule has 0 aromatic heterocycles. The molecule has 1 fully saturated rings. The van der Waals surface area contributed by atoms with E-state index in [1.165, 1.54) is 42.4 Å². The van der Waals surface area contributed by atoms with E-state index in [1.54, 1.807) is 0 Å². The maximum absolute atomic E-state index is 6.13. The van der Waals surface area contributed by atoms with Crippen LogP contribution < -0.4 is 5.73 Å². The number of allylic oxidation sites excluding steroid dienone is 4. The normalized spacial score (nSPS) is 22.3. The first-order valence-electron chi connectivity index (χ1n) is 6.09. The first-order chi connectivity index (χ1) is 7.22. The van der Waals surface area contributed by atoms with Crippen molar-refractivity contribution in [3.05, 3.63) is 35.1 Å². The molecule has 0 unspecified atom stereocenters. The van der Waals surface area contributed by atoms with E-state index in [9.17, 15) is 0 Å². The zero-order valence-electron chi connectivity index (χ0n) is 9.68. The number of rotatable bonds is 3. The van der Waals surface area contributed by atoms with Crippen LogP contribution in [0.4, 0.5) is 0 Å². The predicted molar refractivity (Wildman–Crippen MR) is 65.3 cm³/mol. The molecule has 0 aliphatic heterocycles. The van der Waals surface area contributed by atoms with Crippen molar-refractivity contribution in [1.29, 1.82) is 0 Å². The van der Waals surface area contributed by atoms with Crippen LogP contribution >= 0.6 is 0 Å². The van der Waals surface area contributed by atoms with Crippen LogP contribution in [0.2, 0.25) is 0 Å². The second kappa shape index (κ2) is 4.26. The van der Waals surface area contributed by atoms with E-state index in [2.05, 4.69) is 19.6 Å². The van der Waals surface area contributed by atoms with Gasteiger partial charge in [-0.25, -0.2) is 0 Å². The Morgan fingerprint density at radius 2 is 2.20 bits per heavy atom. The highest BCUT2D eigenvalue weighted by atomic mass is 14.6. The maximum Gasteiger partial charge on any atom is 0.0311 e. The van der Waals surface area contributed by atoms with Gasteiger partial charge in [0.05, 0.1) is 0 Å². The fraction of sp³-hybridized carbons (Fsp3) is 0.571. The Bertz CT molecular complexity index is 329. The summed E-state index contributed by atoms with van der Waals surface area (Å²) in [5, 5.41) is 0. The van der Waals surface area contributed by atoms with Crippen LogP contribution in [-0.4, -0.2) is 0 Å². The minimum absolute atomic E-state index is 0.803. The van der Waals surface area contributed by atoms with Crippen molar-refractivity contribution in [3.63, 3.8) is 0 Å². The lowest BCUT2D eigenvalue weighted by Gasteiger charge is -2.31. The van der Waals surface area contributed by atoms with Gasteiger partial charge in [-0.3, -0.25) is 0 Å². The SMILES string of the molecule is C=C(CC)C1=CC(N)=C(C2CCC2)CC1. The Morgan fingerprint density at radius 3 is 2.67 bits per heavy atom. The van der Waals surface area contributed by atoms with Crippen LogP contribution in [0, 0.1) is 5.92 Å². The maximum atomic E-state index is 6.13. The lowest BCUT2D eigenvalue weighted by Crippen LogP contribution is -2.20. The standard InChI is InChI=1S/C14H21N/c1-3-10(2)12-7-8-13(14(15)9-12)11-5-4-6-11/h9,11H,2-8,15H2,1H3. The molecule has 0 spiro atoms. The van der Waals surface area contributed by atoms with Crippen molar-refractivity contribution in [2.75, 3.05) is 0 Å². The van der Waals surface area contributed by atoms with Crippen molar-refractivity contribution >= 4 is 0 Å². The third kappa shape index (κ3) is 2.01. The highest BCUT2D eigenvalue weighted by molar-refractivity contribution is 5.41. The van der Waals surface area contributed by atoms with E-state index in [0.29, 0.717) is 0 Å². The molecular weight excluding hydrogens is 182 g/mol. The third-order valence-corrected chi connectivity index (χ3v) is 3.84. The summed E-state index contributed by atoms with van der Waals surface area (Å²) in [7, 11) is 0. The van der Waals surface area contributed by atoms with Crippen molar-refractivity contribution in [2.24, 2.45) is 11.7 Å². The first kappa shape index (κ1) is 10.5. The second-order valence-electron chi connectivity index (χ2n) is 4.74. The number of nitrogens with two attached hydrogens (primary N) is 1. The molecule has 0 aromatic carbocycles. The van der Waals surface area contributed by atoms with Crippen LogP contribution in [-0.2, 0) is 0 Å². The van der Waals surface area contributed by atoms with Crippen LogP contribution in [0.1, 0.15) is 45.4 Å². The highest BCUT2D eigenvalue weighted by Gasteiger charge is 2.25. The van der Waals surface area contributed by atoms with Gasteiger partial charge in [0.2, 0.25) is 0 Å². The molecule has 2 N–H and O–H groups in total. The molecular formula is C14H21N. The van der Waals surface area contributed by atoms with Crippen molar-refractivity contribution < 1.29 is 0 Å². The summed E-state index contributed by atoms with van der Waals surface area (Å²) in [5.41, 5.74) is 11.3. The zero-order chi connectivity index (χ0) is 10.8. The average molecular weight is 203 g/mol. The zero-order valence-corrected chi connectivity index (χ0v) is 9.68. The summed E-state index contributed by atoms with van der Waals surface area (Å²) in [6.07, 6.45) is 9.63. The molecule has 0 amide bonds. The van der Waals surface area contributed by atoms with Gasteiger partial charge < -0.3 is 5.73 Å². The van der Waals surface area contributed by atoms with Gasteiger partial charge in [-0.15, -0.1) is 0 Å². The monoisotopic (exact) mass is 203 g/mol. The van der Waals surface area contributed by atoms with Crippen LogP contribution in [0.25, 0.3) is 0 Å². The predicted octanol–water partition coefficient (Wildman–Crippen LogP) is 3.69. The number of hydrogen-bond acceptors (Lipinski definition) is 1. The topological polar surface area (TPSA) is 26.0 Å². The summed E-state index contributed by atoms with van der Waals surface area (Å²) in [4.78, 5) is 0. The Labute approximate surface area is 92.7 Å². The lowest BCUT2D eigenvalue weighted by atomic mass is 9.75. The van der Waals surface area contributed by atoms with E-state index < -0.39 is 0 Å². The van der Waals surface area contributed by atoms with Crippen molar-refractivity contribution in [3.8, 4) is 0 Å². The van der Waals surface area contributed by atoms with E-state index in [1.807, 2.05) is 0 Å². The molecule has 2 rings (SSSR count). The van der Waals surface area contributed by atoms with E-state index >= 15 is 0 Å². The summed E-state index contributed by atoms with van der Waals surface area (Å²) in [6.45, 7) is 6.25. The highest BCUT2D eigenvalue weighted by Crippen LogP contribution is 2.39.